The van der Waals surface area contributed by atoms with Gasteiger partial charge in [-0.3, -0.25) is 4.98 Å². The number of nitrogens with two attached hydrogens (primary N) is 1. The molecule has 1 unspecified atom stereocenters. The summed E-state index contributed by atoms with van der Waals surface area (Å²) in [6.07, 6.45) is 4.75. The van der Waals surface area contributed by atoms with Crippen molar-refractivity contribution in [3.8, 4) is 5.69 Å². The molecule has 0 bridgehead atoms. The first-order valence-corrected chi connectivity index (χ1v) is 6.96. The maximum atomic E-state index is 14.1. The molecule has 3 nitrogen and oxygen atoms in total. The van der Waals surface area contributed by atoms with Crippen LogP contribution in [0.25, 0.3) is 5.69 Å². The molecule has 3 rings (SSSR count). The van der Waals surface area contributed by atoms with Crippen molar-refractivity contribution in [3.05, 3.63) is 47.3 Å². The van der Waals surface area contributed by atoms with E-state index in [9.17, 15) is 4.39 Å². The van der Waals surface area contributed by atoms with Gasteiger partial charge in [0.1, 0.15) is 0 Å². The Labute approximate surface area is 118 Å². The summed E-state index contributed by atoms with van der Waals surface area (Å²) in [5.74, 6) is -0.300. The Morgan fingerprint density at radius 1 is 1.45 bits per heavy atom. The largest absolute Gasteiger partial charge is 0.324 e. The second-order valence-electron chi connectivity index (χ2n) is 6.50. The standard InChI is InChI=1S/C16H20FN3/c1-10-6-11-13(18)7-16(2,3)8-15(11)20(10)14-4-5-19-9-12(14)17/h4-6,9,13H,7-8,18H2,1-3H3. The highest BCUT2D eigenvalue weighted by Gasteiger charge is 2.33. The van der Waals surface area contributed by atoms with E-state index in [1.165, 1.54) is 6.20 Å². The topological polar surface area (TPSA) is 43.8 Å². The monoisotopic (exact) mass is 273 g/mol. The maximum Gasteiger partial charge on any atom is 0.165 e. The summed E-state index contributed by atoms with van der Waals surface area (Å²) in [5.41, 5.74) is 10.3. The third-order valence-electron chi connectivity index (χ3n) is 4.13. The average molecular weight is 273 g/mol. The average Bonchev–Trinajstić information content (AvgIpc) is 2.66. The Hall–Kier alpha value is -1.68. The van der Waals surface area contributed by atoms with Crippen LogP contribution in [0.4, 0.5) is 4.39 Å². The molecule has 4 heteroatoms. The van der Waals surface area contributed by atoms with Gasteiger partial charge in [-0.1, -0.05) is 13.8 Å². The number of aryl methyl sites for hydroxylation is 1. The molecule has 0 spiro atoms. The molecule has 20 heavy (non-hydrogen) atoms. The molecule has 2 heterocycles. The summed E-state index contributed by atoms with van der Waals surface area (Å²) >= 11 is 0. The Morgan fingerprint density at radius 2 is 2.20 bits per heavy atom. The van der Waals surface area contributed by atoms with Crippen LogP contribution in [-0.4, -0.2) is 9.55 Å². The smallest absolute Gasteiger partial charge is 0.165 e. The van der Waals surface area contributed by atoms with Crippen LogP contribution in [0.1, 0.15) is 43.3 Å². The van der Waals surface area contributed by atoms with E-state index < -0.39 is 0 Å². The number of fused-ring (bicyclic) bond motifs is 1. The lowest BCUT2D eigenvalue weighted by molar-refractivity contribution is 0.278. The van der Waals surface area contributed by atoms with Crippen molar-refractivity contribution in [2.45, 2.75) is 39.7 Å². The SMILES string of the molecule is Cc1cc2c(n1-c1ccncc1F)CC(C)(C)CC2N. The van der Waals surface area contributed by atoms with Crippen LogP contribution in [0, 0.1) is 18.2 Å². The van der Waals surface area contributed by atoms with Gasteiger partial charge in [0.05, 0.1) is 11.9 Å². The minimum absolute atomic E-state index is 0.0265. The number of hydrogen-bond donors (Lipinski definition) is 1. The van der Waals surface area contributed by atoms with E-state index in [0.717, 1.165) is 29.8 Å². The summed E-state index contributed by atoms with van der Waals surface area (Å²) in [7, 11) is 0. The highest BCUT2D eigenvalue weighted by Crippen LogP contribution is 2.41. The third kappa shape index (κ3) is 2.04. The maximum absolute atomic E-state index is 14.1. The number of pyridine rings is 1. The predicted octanol–water partition coefficient (Wildman–Crippen LogP) is 3.29. The van der Waals surface area contributed by atoms with Gasteiger partial charge in [-0.15, -0.1) is 0 Å². The van der Waals surface area contributed by atoms with E-state index in [4.69, 9.17) is 5.73 Å². The zero-order valence-electron chi connectivity index (χ0n) is 12.2. The first-order valence-electron chi connectivity index (χ1n) is 6.96. The van der Waals surface area contributed by atoms with Crippen molar-refractivity contribution in [1.29, 1.82) is 0 Å². The summed E-state index contributed by atoms with van der Waals surface area (Å²) in [6, 6.07) is 3.84. The third-order valence-corrected chi connectivity index (χ3v) is 4.13. The fourth-order valence-corrected chi connectivity index (χ4v) is 3.33. The predicted molar refractivity (Wildman–Crippen MR) is 77.3 cm³/mol. The minimum atomic E-state index is -0.300. The molecule has 0 aromatic carbocycles. The van der Waals surface area contributed by atoms with Crippen LogP contribution in [0.3, 0.4) is 0 Å². The number of nitrogens with zero attached hydrogens (tertiary/aromatic N) is 2. The van der Waals surface area contributed by atoms with Crippen molar-refractivity contribution < 1.29 is 4.39 Å². The molecule has 0 radical (unpaired) electrons. The van der Waals surface area contributed by atoms with Gasteiger partial charge in [0, 0.05) is 23.6 Å². The van der Waals surface area contributed by atoms with E-state index in [1.807, 2.05) is 11.5 Å². The van der Waals surface area contributed by atoms with Gasteiger partial charge in [-0.25, -0.2) is 4.39 Å². The van der Waals surface area contributed by atoms with E-state index in [-0.39, 0.29) is 17.3 Å². The van der Waals surface area contributed by atoms with Gasteiger partial charge in [0.15, 0.2) is 5.82 Å². The number of aromatic nitrogens is 2. The normalized spacial score (nSPS) is 20.8. The quantitative estimate of drug-likeness (QED) is 0.866. The molecule has 106 valence electrons. The van der Waals surface area contributed by atoms with Crippen LogP contribution >= 0.6 is 0 Å². The van der Waals surface area contributed by atoms with Crippen molar-refractivity contribution in [1.82, 2.24) is 9.55 Å². The van der Waals surface area contributed by atoms with E-state index >= 15 is 0 Å². The first kappa shape index (κ1) is 13.3. The van der Waals surface area contributed by atoms with Gasteiger partial charge in [0.2, 0.25) is 0 Å². The van der Waals surface area contributed by atoms with Crippen molar-refractivity contribution in [2.24, 2.45) is 11.1 Å². The minimum Gasteiger partial charge on any atom is -0.324 e. The van der Waals surface area contributed by atoms with E-state index in [0.29, 0.717) is 5.69 Å². The van der Waals surface area contributed by atoms with Crippen molar-refractivity contribution in [3.63, 3.8) is 0 Å². The Bertz CT molecular complexity index is 658. The highest BCUT2D eigenvalue weighted by molar-refractivity contribution is 5.44. The molecule has 1 aliphatic carbocycles. The number of rotatable bonds is 1. The summed E-state index contributed by atoms with van der Waals surface area (Å²) in [5, 5.41) is 0. The molecule has 2 aromatic heterocycles. The number of halogens is 1. The van der Waals surface area contributed by atoms with Crippen LogP contribution in [-0.2, 0) is 6.42 Å². The Morgan fingerprint density at radius 3 is 2.90 bits per heavy atom. The van der Waals surface area contributed by atoms with Gasteiger partial charge in [0.25, 0.3) is 0 Å². The lowest BCUT2D eigenvalue weighted by atomic mass is 9.74. The van der Waals surface area contributed by atoms with Gasteiger partial charge in [-0.2, -0.15) is 0 Å². The summed E-state index contributed by atoms with van der Waals surface area (Å²) in [6.45, 7) is 6.43. The van der Waals surface area contributed by atoms with E-state index in [1.54, 1.807) is 12.3 Å². The Balaban J connectivity index is 2.22. The molecular weight excluding hydrogens is 253 g/mol. The summed E-state index contributed by atoms with van der Waals surface area (Å²) in [4.78, 5) is 3.83. The van der Waals surface area contributed by atoms with Crippen LogP contribution in [0.2, 0.25) is 0 Å². The molecule has 1 atom stereocenters. The lowest BCUT2D eigenvalue weighted by Crippen LogP contribution is -2.30. The molecular formula is C16H20FN3. The van der Waals surface area contributed by atoms with Crippen LogP contribution < -0.4 is 5.73 Å². The Kier molecular flexibility index (Phi) is 2.94. The lowest BCUT2D eigenvalue weighted by Gasteiger charge is -2.34. The fourth-order valence-electron chi connectivity index (χ4n) is 3.33. The zero-order valence-corrected chi connectivity index (χ0v) is 12.2. The molecule has 0 amide bonds. The zero-order chi connectivity index (χ0) is 14.5. The highest BCUT2D eigenvalue weighted by atomic mass is 19.1. The van der Waals surface area contributed by atoms with Crippen LogP contribution in [0.5, 0.6) is 0 Å². The molecule has 0 fully saturated rings. The fraction of sp³-hybridized carbons (Fsp3) is 0.438. The van der Waals surface area contributed by atoms with Gasteiger partial charge < -0.3 is 10.3 Å². The molecule has 0 aliphatic heterocycles. The first-order chi connectivity index (χ1) is 9.39. The molecule has 0 saturated heterocycles. The van der Waals surface area contributed by atoms with Crippen LogP contribution in [0.15, 0.2) is 24.5 Å². The van der Waals surface area contributed by atoms with Gasteiger partial charge in [-0.05, 0) is 42.9 Å². The molecule has 1 aliphatic rings. The number of hydrogen-bond acceptors (Lipinski definition) is 2. The van der Waals surface area contributed by atoms with E-state index in [2.05, 4.69) is 24.9 Å². The van der Waals surface area contributed by atoms with Crippen molar-refractivity contribution in [2.75, 3.05) is 0 Å². The second-order valence-corrected chi connectivity index (χ2v) is 6.50. The molecule has 2 aromatic rings. The van der Waals surface area contributed by atoms with Gasteiger partial charge >= 0.3 is 0 Å². The molecule has 2 N–H and O–H groups in total. The summed E-state index contributed by atoms with van der Waals surface area (Å²) < 4.78 is 16.1. The van der Waals surface area contributed by atoms with Crippen molar-refractivity contribution >= 4 is 0 Å². The molecule has 0 saturated carbocycles. The second kappa shape index (κ2) is 4.42.